The number of hydrogen-bond donors (Lipinski definition) is 2. The Morgan fingerprint density at radius 3 is 1.40 bits per heavy atom. The van der Waals surface area contributed by atoms with Crippen LogP contribution in [0.15, 0.2) is 21.9 Å². The summed E-state index contributed by atoms with van der Waals surface area (Å²) in [4.78, 5) is 24.7. The van der Waals surface area contributed by atoms with E-state index in [4.69, 9.17) is 0 Å². The minimum atomic E-state index is -0.475. The van der Waals surface area contributed by atoms with Gasteiger partial charge in [-0.15, -0.1) is 0 Å². The van der Waals surface area contributed by atoms with E-state index < -0.39 is 5.69 Å². The van der Waals surface area contributed by atoms with Crippen LogP contribution in [0, 0.1) is 0 Å². The highest BCUT2D eigenvalue weighted by Crippen LogP contribution is 2.16. The first-order chi connectivity index (χ1) is 12.0. The zero-order valence-electron chi connectivity index (χ0n) is 16.9. The smallest absolute Gasteiger partial charge is 0.324 e. The minimum Gasteiger partial charge on any atom is -0.324 e. The second-order valence-electron chi connectivity index (χ2n) is 6.95. The number of quaternary nitrogens is 1. The molecule has 0 bridgehead atoms. The van der Waals surface area contributed by atoms with Crippen molar-refractivity contribution in [2.45, 2.75) is 79.1 Å². The first-order valence-corrected chi connectivity index (χ1v) is 10.2. The maximum Gasteiger partial charge on any atom is 0.325 e. The Morgan fingerprint density at radius 2 is 1.16 bits per heavy atom. The van der Waals surface area contributed by atoms with Crippen molar-refractivity contribution in [2.24, 2.45) is 0 Å². The number of hydrogen-bond acceptors (Lipinski definition) is 2. The van der Waals surface area contributed by atoms with Crippen LogP contribution in [0.3, 0.4) is 0 Å². The summed E-state index contributed by atoms with van der Waals surface area (Å²) in [5.74, 6) is 0. The molecule has 0 saturated carbocycles. The first-order valence-electron chi connectivity index (χ1n) is 10.2. The number of unbranched alkanes of at least 4 members (excludes halogenated alkanes) is 4. The molecule has 0 aliphatic heterocycles. The van der Waals surface area contributed by atoms with Crippen molar-refractivity contribution < 1.29 is 4.48 Å². The Morgan fingerprint density at radius 1 is 0.760 bits per heavy atom. The van der Waals surface area contributed by atoms with Crippen LogP contribution in [0.4, 0.5) is 0 Å². The lowest BCUT2D eigenvalue weighted by Gasteiger charge is -2.39. The lowest BCUT2D eigenvalue weighted by molar-refractivity contribution is -0.929. The molecule has 0 amide bonds. The molecule has 2 N–H and O–H groups in total. The van der Waals surface area contributed by atoms with Crippen LogP contribution in [-0.2, 0) is 0 Å². The molecule has 0 spiro atoms. The summed E-state index contributed by atoms with van der Waals surface area (Å²) in [6, 6.07) is 1.24. The normalized spacial score (nSPS) is 11.0. The molecule has 1 rings (SSSR count). The fourth-order valence-corrected chi connectivity index (χ4v) is 3.03. The van der Waals surface area contributed by atoms with Gasteiger partial charge in [0.2, 0.25) is 0 Å². The third-order valence-electron chi connectivity index (χ3n) is 4.63. The van der Waals surface area contributed by atoms with E-state index in [1.165, 1.54) is 94.3 Å². The molecular weight excluding hydrogens is 314 g/mol. The number of aromatic amines is 2. The number of nitrogens with one attached hydrogen (secondary N) is 2. The van der Waals surface area contributed by atoms with Gasteiger partial charge < -0.3 is 9.47 Å². The molecule has 0 unspecified atom stereocenters. The molecule has 5 nitrogen and oxygen atoms in total. The van der Waals surface area contributed by atoms with Gasteiger partial charge in [0.1, 0.15) is 0 Å². The zero-order valence-corrected chi connectivity index (χ0v) is 16.9. The van der Waals surface area contributed by atoms with E-state index >= 15 is 0 Å². The maximum atomic E-state index is 10.2. The predicted molar refractivity (Wildman–Crippen MR) is 107 cm³/mol. The van der Waals surface area contributed by atoms with Crippen LogP contribution >= 0.6 is 0 Å². The molecule has 0 aliphatic carbocycles. The molecule has 5 heteroatoms. The molecule has 1 heterocycles. The van der Waals surface area contributed by atoms with Crippen LogP contribution in [0.1, 0.15) is 79.1 Å². The average Bonchev–Trinajstić information content (AvgIpc) is 2.61. The van der Waals surface area contributed by atoms with Crippen molar-refractivity contribution in [3.8, 4) is 0 Å². The number of aromatic nitrogens is 2. The Hall–Kier alpha value is -1.36. The molecular formula is C20H40N3O2+. The van der Waals surface area contributed by atoms with Crippen molar-refractivity contribution >= 4 is 0 Å². The van der Waals surface area contributed by atoms with Crippen molar-refractivity contribution in [1.82, 2.24) is 9.97 Å². The number of H-pyrrole nitrogens is 2. The molecule has 0 aliphatic rings. The summed E-state index contributed by atoms with van der Waals surface area (Å²) in [7, 11) is 0. The Balaban J connectivity index is 0.000000593. The van der Waals surface area contributed by atoms with Crippen molar-refractivity contribution in [2.75, 3.05) is 26.2 Å². The van der Waals surface area contributed by atoms with Gasteiger partial charge >= 0.3 is 5.69 Å². The standard InChI is InChI=1S/C16H36N.C4H4N2O2/c1-5-9-13-17(14-10-6-2,15-11-7-3)16-12-8-4;7-3-1-2-5-4(8)6-3/h5-16H2,1-4H3;1-2H,(H2,5,6,7,8)/q+1;. The Labute approximate surface area is 153 Å². The summed E-state index contributed by atoms with van der Waals surface area (Å²) in [6.45, 7) is 15.0. The van der Waals surface area contributed by atoms with Gasteiger partial charge in [0.05, 0.1) is 26.2 Å². The number of nitrogens with zero attached hydrogens (tertiary/aromatic N) is 1. The Kier molecular flexibility index (Phi) is 14.1. The highest BCUT2D eigenvalue weighted by Gasteiger charge is 2.24. The SMILES string of the molecule is CCCC[N+](CCCC)(CCCC)CCCC.O=c1cc[nH]c(=O)[nH]1. The molecule has 1 aromatic rings. The van der Waals surface area contributed by atoms with Gasteiger partial charge in [-0.25, -0.2) is 4.79 Å². The summed E-state index contributed by atoms with van der Waals surface area (Å²) in [5, 5.41) is 0. The topological polar surface area (TPSA) is 65.7 Å². The van der Waals surface area contributed by atoms with Crippen molar-refractivity contribution in [3.05, 3.63) is 33.1 Å². The van der Waals surface area contributed by atoms with E-state index in [-0.39, 0.29) is 5.56 Å². The summed E-state index contributed by atoms with van der Waals surface area (Å²) >= 11 is 0. The molecule has 1 aromatic heterocycles. The van der Waals surface area contributed by atoms with Crippen LogP contribution in [-0.4, -0.2) is 40.6 Å². The minimum absolute atomic E-state index is 0.381. The highest BCUT2D eigenvalue weighted by atomic mass is 16.2. The van der Waals surface area contributed by atoms with Crippen LogP contribution in [0.5, 0.6) is 0 Å². The summed E-state index contributed by atoms with van der Waals surface area (Å²) in [5.41, 5.74) is -0.855. The van der Waals surface area contributed by atoms with Gasteiger partial charge in [-0.1, -0.05) is 53.4 Å². The van der Waals surface area contributed by atoms with Gasteiger partial charge in [0.15, 0.2) is 0 Å². The zero-order chi connectivity index (χ0) is 19.0. The van der Waals surface area contributed by atoms with Gasteiger partial charge in [-0.2, -0.15) is 0 Å². The molecule has 25 heavy (non-hydrogen) atoms. The number of rotatable bonds is 12. The third kappa shape index (κ3) is 11.8. The molecule has 0 saturated heterocycles. The van der Waals surface area contributed by atoms with Gasteiger partial charge in [-0.05, 0) is 25.7 Å². The lowest BCUT2D eigenvalue weighted by Crippen LogP contribution is -2.50. The highest BCUT2D eigenvalue weighted by molar-refractivity contribution is 4.77. The van der Waals surface area contributed by atoms with Gasteiger partial charge in [0.25, 0.3) is 5.56 Å². The van der Waals surface area contributed by atoms with E-state index in [2.05, 4.69) is 32.7 Å². The quantitative estimate of drug-likeness (QED) is 0.556. The van der Waals surface area contributed by atoms with Crippen molar-refractivity contribution in [3.63, 3.8) is 0 Å². The van der Waals surface area contributed by atoms with E-state index in [9.17, 15) is 9.59 Å². The summed E-state index contributed by atoms with van der Waals surface area (Å²) in [6.07, 6.45) is 12.4. The molecule has 0 radical (unpaired) electrons. The fraction of sp³-hybridized carbons (Fsp3) is 0.800. The maximum absolute atomic E-state index is 10.2. The van der Waals surface area contributed by atoms with E-state index in [1.54, 1.807) is 0 Å². The van der Waals surface area contributed by atoms with E-state index in [0.717, 1.165) is 0 Å². The van der Waals surface area contributed by atoms with Crippen LogP contribution < -0.4 is 11.2 Å². The first kappa shape index (κ1) is 23.6. The second kappa shape index (κ2) is 14.9. The second-order valence-corrected chi connectivity index (χ2v) is 6.95. The molecule has 146 valence electrons. The van der Waals surface area contributed by atoms with Gasteiger partial charge in [-0.3, -0.25) is 9.78 Å². The largest absolute Gasteiger partial charge is 0.325 e. The monoisotopic (exact) mass is 354 g/mol. The predicted octanol–water partition coefficient (Wildman–Crippen LogP) is 4.07. The van der Waals surface area contributed by atoms with Gasteiger partial charge in [0, 0.05) is 12.3 Å². The van der Waals surface area contributed by atoms with Crippen LogP contribution in [0.2, 0.25) is 0 Å². The average molecular weight is 355 g/mol. The van der Waals surface area contributed by atoms with E-state index in [1.807, 2.05) is 4.98 Å². The van der Waals surface area contributed by atoms with Crippen LogP contribution in [0.25, 0.3) is 0 Å². The lowest BCUT2D eigenvalue weighted by atomic mass is 10.1. The molecule has 0 atom stereocenters. The van der Waals surface area contributed by atoms with E-state index in [0.29, 0.717) is 0 Å². The summed E-state index contributed by atoms with van der Waals surface area (Å²) < 4.78 is 1.42. The third-order valence-corrected chi connectivity index (χ3v) is 4.63. The molecule has 0 aromatic carbocycles. The van der Waals surface area contributed by atoms with Crippen molar-refractivity contribution in [1.29, 1.82) is 0 Å². The Bertz CT molecular complexity index is 459. The fourth-order valence-electron chi connectivity index (χ4n) is 3.03. The molecule has 0 fully saturated rings.